The number of nitrogens with one attached hydrogen (secondary N) is 2. The van der Waals surface area contributed by atoms with Gasteiger partial charge in [0.1, 0.15) is 12.6 Å². The second-order valence-corrected chi connectivity index (χ2v) is 7.26. The number of hydrogen-bond acceptors (Lipinski definition) is 4. The lowest BCUT2D eigenvalue weighted by Gasteiger charge is -2.18. The highest BCUT2D eigenvalue weighted by Gasteiger charge is 2.22. The molecule has 0 saturated heterocycles. The van der Waals surface area contributed by atoms with Crippen LogP contribution in [0.15, 0.2) is 64.8 Å². The number of carbonyl (C=O) groups excluding carboxylic acids is 2. The first kappa shape index (κ1) is 19.9. The lowest BCUT2D eigenvalue weighted by atomic mass is 10.1. The van der Waals surface area contributed by atoms with E-state index in [9.17, 15) is 14.4 Å². The highest BCUT2D eigenvalue weighted by molar-refractivity contribution is 7.07. The van der Waals surface area contributed by atoms with Crippen LogP contribution in [0.5, 0.6) is 0 Å². The zero-order valence-corrected chi connectivity index (χ0v) is 16.6. The van der Waals surface area contributed by atoms with Gasteiger partial charge in [-0.05, 0) is 23.3 Å². The van der Waals surface area contributed by atoms with E-state index in [0.29, 0.717) is 16.3 Å². The van der Waals surface area contributed by atoms with Gasteiger partial charge in [0.25, 0.3) is 0 Å². The lowest BCUT2D eigenvalue weighted by molar-refractivity contribution is -0.129. The van der Waals surface area contributed by atoms with Crippen LogP contribution in [0.2, 0.25) is 5.02 Å². The Morgan fingerprint density at radius 3 is 2.43 bits per heavy atom. The van der Waals surface area contributed by atoms with Gasteiger partial charge in [0.15, 0.2) is 0 Å². The van der Waals surface area contributed by atoms with E-state index in [-0.39, 0.29) is 17.3 Å². The molecule has 1 heterocycles. The zero-order valence-electron chi connectivity index (χ0n) is 15.0. The van der Waals surface area contributed by atoms with E-state index in [2.05, 4.69) is 10.6 Å². The summed E-state index contributed by atoms with van der Waals surface area (Å²) in [5, 5.41) is 7.54. The molecule has 6 nitrogen and oxygen atoms in total. The molecule has 0 spiro atoms. The average molecular weight is 416 g/mol. The Balaban J connectivity index is 1.83. The fourth-order valence-electron chi connectivity index (χ4n) is 2.77. The normalized spacial score (nSPS) is 11.6. The molecular formula is C20H18ClN3O3S. The molecule has 8 heteroatoms. The monoisotopic (exact) mass is 415 g/mol. The van der Waals surface area contributed by atoms with E-state index in [0.717, 1.165) is 16.9 Å². The van der Waals surface area contributed by atoms with E-state index in [1.165, 1.54) is 11.6 Å². The molecule has 0 unspecified atom stereocenters. The first-order valence-electron chi connectivity index (χ1n) is 8.49. The van der Waals surface area contributed by atoms with Crippen molar-refractivity contribution >= 4 is 34.8 Å². The van der Waals surface area contributed by atoms with Crippen molar-refractivity contribution < 1.29 is 9.59 Å². The van der Waals surface area contributed by atoms with Gasteiger partial charge in [-0.3, -0.25) is 19.0 Å². The van der Waals surface area contributed by atoms with Gasteiger partial charge >= 0.3 is 4.87 Å². The molecule has 3 aromatic rings. The Morgan fingerprint density at radius 1 is 1.11 bits per heavy atom. The van der Waals surface area contributed by atoms with E-state index >= 15 is 0 Å². The summed E-state index contributed by atoms with van der Waals surface area (Å²) in [4.78, 5) is 36.9. The molecule has 144 valence electrons. The lowest BCUT2D eigenvalue weighted by Crippen LogP contribution is -2.41. The summed E-state index contributed by atoms with van der Waals surface area (Å²) in [6.07, 6.45) is 0. The summed E-state index contributed by atoms with van der Waals surface area (Å²) in [7, 11) is 1.51. The Kier molecular flexibility index (Phi) is 6.28. The van der Waals surface area contributed by atoms with Crippen molar-refractivity contribution in [3.05, 3.63) is 80.2 Å². The number of halogens is 1. The molecule has 0 fully saturated rings. The number of benzene rings is 2. The van der Waals surface area contributed by atoms with Crippen LogP contribution in [0.1, 0.15) is 11.6 Å². The summed E-state index contributed by atoms with van der Waals surface area (Å²) in [5.74, 6) is -0.775. The van der Waals surface area contributed by atoms with Crippen LogP contribution in [0.4, 0.5) is 0 Å². The third kappa shape index (κ3) is 4.49. The summed E-state index contributed by atoms with van der Waals surface area (Å²) >= 11 is 6.93. The molecule has 3 rings (SSSR count). The number of amides is 2. The average Bonchev–Trinajstić information content (AvgIpc) is 3.07. The second-order valence-electron chi connectivity index (χ2n) is 6.01. The van der Waals surface area contributed by atoms with Crippen LogP contribution in [0.3, 0.4) is 0 Å². The molecule has 28 heavy (non-hydrogen) atoms. The molecule has 2 N–H and O–H groups in total. The minimum Gasteiger partial charge on any atom is -0.357 e. The Hall–Kier alpha value is -2.90. The van der Waals surface area contributed by atoms with Crippen molar-refractivity contribution in [3.63, 3.8) is 0 Å². The predicted octanol–water partition coefficient (Wildman–Crippen LogP) is 2.83. The van der Waals surface area contributed by atoms with E-state index in [1.807, 2.05) is 6.07 Å². The van der Waals surface area contributed by atoms with Crippen molar-refractivity contribution in [1.29, 1.82) is 0 Å². The predicted molar refractivity (Wildman–Crippen MR) is 110 cm³/mol. The maximum atomic E-state index is 12.6. The summed E-state index contributed by atoms with van der Waals surface area (Å²) in [5.41, 5.74) is 2.06. The van der Waals surface area contributed by atoms with Crippen LogP contribution in [0, 0.1) is 0 Å². The molecule has 1 aromatic heterocycles. The number of likely N-dealkylation sites (N-methyl/N-ethyl adjacent to an activating group) is 1. The largest absolute Gasteiger partial charge is 0.357 e. The van der Waals surface area contributed by atoms with Crippen molar-refractivity contribution in [2.24, 2.45) is 0 Å². The van der Waals surface area contributed by atoms with Gasteiger partial charge < -0.3 is 10.6 Å². The van der Waals surface area contributed by atoms with Gasteiger partial charge in [-0.15, -0.1) is 0 Å². The fourth-order valence-corrected chi connectivity index (χ4v) is 3.66. The minimum absolute atomic E-state index is 0.194. The van der Waals surface area contributed by atoms with Crippen molar-refractivity contribution in [3.8, 4) is 11.3 Å². The first-order valence-corrected chi connectivity index (χ1v) is 9.75. The molecule has 0 aliphatic heterocycles. The quantitative estimate of drug-likeness (QED) is 0.649. The van der Waals surface area contributed by atoms with Crippen LogP contribution in [-0.2, 0) is 16.1 Å². The minimum atomic E-state index is -0.841. The van der Waals surface area contributed by atoms with Crippen LogP contribution >= 0.6 is 22.9 Å². The van der Waals surface area contributed by atoms with Crippen molar-refractivity contribution in [2.75, 3.05) is 7.05 Å². The van der Waals surface area contributed by atoms with E-state index in [1.54, 1.807) is 53.9 Å². The Bertz CT molecular complexity index is 1030. The first-order chi connectivity index (χ1) is 13.5. The number of aromatic nitrogens is 1. The highest BCUT2D eigenvalue weighted by atomic mass is 35.5. The number of thiazole rings is 1. The molecule has 2 amide bonds. The summed E-state index contributed by atoms with van der Waals surface area (Å²) in [6.45, 7) is -0.194. The third-order valence-electron chi connectivity index (χ3n) is 4.17. The topological polar surface area (TPSA) is 80.2 Å². The van der Waals surface area contributed by atoms with E-state index < -0.39 is 11.9 Å². The zero-order chi connectivity index (χ0) is 20.1. The molecule has 2 aromatic carbocycles. The van der Waals surface area contributed by atoms with Crippen LogP contribution in [0.25, 0.3) is 11.3 Å². The molecule has 0 bridgehead atoms. The highest BCUT2D eigenvalue weighted by Crippen LogP contribution is 2.22. The number of hydrogen-bond donors (Lipinski definition) is 2. The third-order valence-corrected chi connectivity index (χ3v) is 5.19. The van der Waals surface area contributed by atoms with E-state index in [4.69, 9.17) is 11.6 Å². The second kappa shape index (κ2) is 8.86. The van der Waals surface area contributed by atoms with Gasteiger partial charge in [-0.1, -0.05) is 65.4 Å². The van der Waals surface area contributed by atoms with Gasteiger partial charge in [0, 0.05) is 17.5 Å². The van der Waals surface area contributed by atoms with Crippen molar-refractivity contribution in [1.82, 2.24) is 15.2 Å². The van der Waals surface area contributed by atoms with Gasteiger partial charge in [-0.25, -0.2) is 0 Å². The van der Waals surface area contributed by atoms with Crippen molar-refractivity contribution in [2.45, 2.75) is 12.6 Å². The maximum absolute atomic E-state index is 12.6. The van der Waals surface area contributed by atoms with Gasteiger partial charge in [0.05, 0.1) is 5.69 Å². The van der Waals surface area contributed by atoms with Gasteiger partial charge in [-0.2, -0.15) is 0 Å². The Morgan fingerprint density at radius 2 is 1.79 bits per heavy atom. The molecule has 0 radical (unpaired) electrons. The molecule has 0 aliphatic carbocycles. The summed E-state index contributed by atoms with van der Waals surface area (Å²) in [6, 6.07) is 15.1. The van der Waals surface area contributed by atoms with Crippen LogP contribution < -0.4 is 15.5 Å². The smallest absolute Gasteiger partial charge is 0.308 e. The van der Waals surface area contributed by atoms with Crippen LogP contribution in [-0.4, -0.2) is 23.4 Å². The van der Waals surface area contributed by atoms with Gasteiger partial charge in [0.2, 0.25) is 11.8 Å². The molecule has 1 atom stereocenters. The summed E-state index contributed by atoms with van der Waals surface area (Å²) < 4.78 is 1.38. The maximum Gasteiger partial charge on any atom is 0.308 e. The standard InChI is InChI=1S/C20H18ClN3O3S/c1-22-19(26)18(14-5-3-2-4-6-14)23-17(25)11-24-16(12-28-20(24)27)13-7-9-15(21)10-8-13/h2-10,12,18H,11H2,1H3,(H,22,26)(H,23,25)/t18-/m0/s1. The number of rotatable bonds is 6. The molecular weight excluding hydrogens is 398 g/mol. The SMILES string of the molecule is CNC(=O)[C@@H](NC(=O)Cn1c(-c2ccc(Cl)cc2)csc1=O)c1ccccc1. The number of carbonyl (C=O) groups is 2. The Labute approximate surface area is 170 Å². The fraction of sp³-hybridized carbons (Fsp3) is 0.150. The molecule has 0 saturated carbocycles. The molecule has 0 aliphatic rings. The number of nitrogens with zero attached hydrogens (tertiary/aromatic N) is 1.